The van der Waals surface area contributed by atoms with Gasteiger partial charge in [-0.2, -0.15) is 5.10 Å². The molecule has 0 unspecified atom stereocenters. The second kappa shape index (κ2) is 8.78. The van der Waals surface area contributed by atoms with Crippen molar-refractivity contribution in [2.45, 2.75) is 51.5 Å². The SMILES string of the molecule is Cc1cc(-c2cnc(N3CCCCC3)nc2C2CCN(Cc3ccnn3C)CC2)on1. The van der Waals surface area contributed by atoms with Gasteiger partial charge in [-0.15, -0.1) is 0 Å². The molecule has 0 amide bonds. The molecular weight excluding hydrogens is 390 g/mol. The van der Waals surface area contributed by atoms with Crippen LogP contribution < -0.4 is 4.90 Å². The number of aryl methyl sites for hydroxylation is 2. The van der Waals surface area contributed by atoms with Crippen LogP contribution in [0.2, 0.25) is 0 Å². The molecule has 2 saturated heterocycles. The molecule has 0 aliphatic carbocycles. The Kier molecular flexibility index (Phi) is 5.72. The number of aromatic nitrogens is 5. The van der Waals surface area contributed by atoms with Crippen molar-refractivity contribution in [2.24, 2.45) is 7.05 Å². The van der Waals surface area contributed by atoms with Gasteiger partial charge in [0.15, 0.2) is 5.76 Å². The Hall–Kier alpha value is -2.74. The van der Waals surface area contributed by atoms with Crippen molar-refractivity contribution in [3.8, 4) is 11.3 Å². The molecule has 8 nitrogen and oxygen atoms in total. The minimum Gasteiger partial charge on any atom is -0.356 e. The van der Waals surface area contributed by atoms with Gasteiger partial charge in [0, 0.05) is 51.1 Å². The van der Waals surface area contributed by atoms with Crippen molar-refractivity contribution < 1.29 is 4.52 Å². The topological polar surface area (TPSA) is 76.1 Å². The van der Waals surface area contributed by atoms with Crippen molar-refractivity contribution in [3.63, 3.8) is 0 Å². The molecule has 0 radical (unpaired) electrons. The standard InChI is InChI=1S/C23H31N7O/c1-17-14-21(31-27-17)20-15-24-23(30-10-4-3-5-11-30)26-22(20)18-7-12-29(13-8-18)16-19-6-9-25-28(19)2/h6,9,14-15,18H,3-5,7-8,10-13,16H2,1-2H3. The lowest BCUT2D eigenvalue weighted by atomic mass is 9.90. The third kappa shape index (κ3) is 4.35. The molecule has 8 heteroatoms. The number of rotatable bonds is 5. The van der Waals surface area contributed by atoms with Gasteiger partial charge in [0.05, 0.1) is 22.6 Å². The fraction of sp³-hybridized carbons (Fsp3) is 0.565. The highest BCUT2D eigenvalue weighted by atomic mass is 16.5. The second-order valence-corrected chi connectivity index (χ2v) is 8.85. The number of nitrogens with zero attached hydrogens (tertiary/aromatic N) is 7. The van der Waals surface area contributed by atoms with Crippen LogP contribution in [0.1, 0.15) is 55.1 Å². The summed E-state index contributed by atoms with van der Waals surface area (Å²) in [5.74, 6) is 2.04. The lowest BCUT2D eigenvalue weighted by molar-refractivity contribution is 0.199. The fourth-order valence-electron chi connectivity index (χ4n) is 4.77. The van der Waals surface area contributed by atoms with E-state index >= 15 is 0 Å². The van der Waals surface area contributed by atoms with E-state index in [9.17, 15) is 0 Å². The smallest absolute Gasteiger partial charge is 0.225 e. The van der Waals surface area contributed by atoms with Gasteiger partial charge in [-0.1, -0.05) is 5.16 Å². The summed E-state index contributed by atoms with van der Waals surface area (Å²) < 4.78 is 7.57. The summed E-state index contributed by atoms with van der Waals surface area (Å²) in [5, 5.41) is 8.39. The van der Waals surface area contributed by atoms with Crippen LogP contribution in [-0.2, 0) is 13.6 Å². The Bertz CT molecular complexity index is 1010. The Labute approximate surface area is 183 Å². The van der Waals surface area contributed by atoms with E-state index in [-0.39, 0.29) is 0 Å². The minimum atomic E-state index is 0.398. The zero-order chi connectivity index (χ0) is 21.2. The molecule has 0 saturated carbocycles. The van der Waals surface area contributed by atoms with Crippen molar-refractivity contribution >= 4 is 5.95 Å². The van der Waals surface area contributed by atoms with Crippen molar-refractivity contribution in [2.75, 3.05) is 31.1 Å². The predicted octanol–water partition coefficient (Wildman–Crippen LogP) is 3.54. The second-order valence-electron chi connectivity index (χ2n) is 8.85. The van der Waals surface area contributed by atoms with Crippen LogP contribution >= 0.6 is 0 Å². The van der Waals surface area contributed by atoms with Crippen LogP contribution in [0.25, 0.3) is 11.3 Å². The summed E-state index contributed by atoms with van der Waals surface area (Å²) in [7, 11) is 2.01. The zero-order valence-electron chi connectivity index (χ0n) is 18.5. The first-order chi connectivity index (χ1) is 15.2. The highest BCUT2D eigenvalue weighted by Gasteiger charge is 2.27. The van der Waals surface area contributed by atoms with Gasteiger partial charge in [0.25, 0.3) is 0 Å². The third-order valence-corrected chi connectivity index (χ3v) is 6.62. The number of hydrogen-bond acceptors (Lipinski definition) is 7. The van der Waals surface area contributed by atoms with Gasteiger partial charge in [-0.05, 0) is 58.2 Å². The zero-order valence-corrected chi connectivity index (χ0v) is 18.5. The quantitative estimate of drug-likeness (QED) is 0.624. The first-order valence-electron chi connectivity index (χ1n) is 11.4. The number of anilines is 1. The van der Waals surface area contributed by atoms with E-state index in [0.29, 0.717) is 5.92 Å². The maximum Gasteiger partial charge on any atom is 0.225 e. The molecule has 0 N–H and O–H groups in total. The van der Waals surface area contributed by atoms with Gasteiger partial charge in [-0.25, -0.2) is 9.97 Å². The van der Waals surface area contributed by atoms with Gasteiger partial charge in [0.1, 0.15) is 0 Å². The van der Waals surface area contributed by atoms with Crippen molar-refractivity contribution in [3.05, 3.63) is 41.6 Å². The highest BCUT2D eigenvalue weighted by Crippen LogP contribution is 2.35. The maximum atomic E-state index is 5.61. The maximum absolute atomic E-state index is 5.61. The van der Waals surface area contributed by atoms with E-state index in [0.717, 1.165) is 74.2 Å². The molecule has 0 bridgehead atoms. The lowest BCUT2D eigenvalue weighted by Crippen LogP contribution is -2.34. The summed E-state index contributed by atoms with van der Waals surface area (Å²) in [4.78, 5) is 14.7. The molecule has 2 fully saturated rings. The van der Waals surface area contributed by atoms with Gasteiger partial charge >= 0.3 is 0 Å². The van der Waals surface area contributed by atoms with Crippen LogP contribution in [0.15, 0.2) is 29.0 Å². The normalized spacial score (nSPS) is 18.6. The molecule has 5 rings (SSSR count). The summed E-state index contributed by atoms with van der Waals surface area (Å²) in [6, 6.07) is 4.09. The minimum absolute atomic E-state index is 0.398. The fourth-order valence-corrected chi connectivity index (χ4v) is 4.77. The molecule has 164 valence electrons. The highest BCUT2D eigenvalue weighted by molar-refractivity contribution is 5.61. The van der Waals surface area contributed by atoms with Crippen molar-refractivity contribution in [1.82, 2.24) is 29.8 Å². The molecule has 2 aliphatic rings. The summed E-state index contributed by atoms with van der Waals surface area (Å²) in [6.07, 6.45) is 9.71. The van der Waals surface area contributed by atoms with Crippen LogP contribution in [0, 0.1) is 6.92 Å². The van der Waals surface area contributed by atoms with Gasteiger partial charge < -0.3 is 9.42 Å². The molecule has 2 aliphatic heterocycles. The average molecular weight is 422 g/mol. The van der Waals surface area contributed by atoms with E-state index in [4.69, 9.17) is 14.5 Å². The van der Waals surface area contributed by atoms with Gasteiger partial charge in [-0.3, -0.25) is 9.58 Å². The Balaban J connectivity index is 1.37. The first kappa shape index (κ1) is 20.2. The Morgan fingerprint density at radius 3 is 2.58 bits per heavy atom. The summed E-state index contributed by atoms with van der Waals surface area (Å²) >= 11 is 0. The predicted molar refractivity (Wildman–Crippen MR) is 119 cm³/mol. The molecule has 3 aromatic rings. The molecular formula is C23H31N7O. The molecule has 0 atom stereocenters. The van der Waals surface area contributed by atoms with E-state index in [1.807, 2.05) is 37.1 Å². The lowest BCUT2D eigenvalue weighted by Gasteiger charge is -2.33. The van der Waals surface area contributed by atoms with Crippen LogP contribution in [0.5, 0.6) is 0 Å². The first-order valence-corrected chi connectivity index (χ1v) is 11.4. The van der Waals surface area contributed by atoms with Crippen molar-refractivity contribution in [1.29, 1.82) is 0 Å². The van der Waals surface area contributed by atoms with E-state index < -0.39 is 0 Å². The van der Waals surface area contributed by atoms with E-state index in [1.54, 1.807) is 0 Å². The van der Waals surface area contributed by atoms with E-state index in [2.05, 4.69) is 26.1 Å². The molecule has 0 spiro atoms. The van der Waals surface area contributed by atoms with Crippen LogP contribution in [0.4, 0.5) is 5.95 Å². The molecule has 5 heterocycles. The molecule has 3 aromatic heterocycles. The van der Waals surface area contributed by atoms with Gasteiger partial charge in [0.2, 0.25) is 5.95 Å². The Morgan fingerprint density at radius 1 is 1.10 bits per heavy atom. The molecule has 31 heavy (non-hydrogen) atoms. The number of hydrogen-bond donors (Lipinski definition) is 0. The number of likely N-dealkylation sites (tertiary alicyclic amines) is 1. The average Bonchev–Trinajstić information content (AvgIpc) is 3.42. The van der Waals surface area contributed by atoms with Crippen LogP contribution in [0.3, 0.4) is 0 Å². The van der Waals surface area contributed by atoms with E-state index in [1.165, 1.54) is 25.0 Å². The monoisotopic (exact) mass is 421 g/mol. The van der Waals surface area contributed by atoms with Crippen LogP contribution in [-0.4, -0.2) is 56.0 Å². The summed E-state index contributed by atoms with van der Waals surface area (Å²) in [6.45, 7) is 7.08. The largest absolute Gasteiger partial charge is 0.356 e. The Morgan fingerprint density at radius 2 is 1.90 bits per heavy atom. The summed E-state index contributed by atoms with van der Waals surface area (Å²) in [5.41, 5.74) is 4.25. The third-order valence-electron chi connectivity index (χ3n) is 6.62. The number of piperidine rings is 2. The molecule has 0 aromatic carbocycles.